The number of carbonyl (C=O) groups excluding carboxylic acids is 1. The molecule has 5 heteroatoms. The smallest absolute Gasteiger partial charge is 0.265 e. The Hall–Kier alpha value is -2.14. The number of thiazole rings is 1. The van der Waals surface area contributed by atoms with Crippen molar-refractivity contribution in [3.63, 3.8) is 0 Å². The average molecular weight is 341 g/mol. The van der Waals surface area contributed by atoms with E-state index in [1.165, 1.54) is 11.3 Å². The number of amides is 1. The summed E-state index contributed by atoms with van der Waals surface area (Å²) >= 11 is 1.49. The van der Waals surface area contributed by atoms with Crippen LogP contribution in [0.4, 0.5) is 0 Å². The van der Waals surface area contributed by atoms with Crippen LogP contribution in [0.15, 0.2) is 36.5 Å². The molecule has 126 valence electrons. The Bertz CT molecular complexity index is 829. The fourth-order valence-electron chi connectivity index (χ4n) is 2.89. The molecule has 0 saturated heterocycles. The maximum atomic E-state index is 12.9. The van der Waals surface area contributed by atoms with Crippen molar-refractivity contribution in [2.75, 3.05) is 13.1 Å². The molecule has 4 nitrogen and oxygen atoms in total. The van der Waals surface area contributed by atoms with Crippen LogP contribution in [0.5, 0.6) is 0 Å². The first-order chi connectivity index (χ1) is 11.7. The molecule has 2 aromatic heterocycles. The van der Waals surface area contributed by atoms with Gasteiger partial charge in [-0.05, 0) is 19.8 Å². The summed E-state index contributed by atoms with van der Waals surface area (Å²) in [6.07, 6.45) is 3.98. The summed E-state index contributed by atoms with van der Waals surface area (Å²) in [7, 11) is 0. The van der Waals surface area contributed by atoms with Crippen molar-refractivity contribution in [3.05, 3.63) is 47.1 Å². The molecule has 0 aliphatic rings. The Kier molecular flexibility index (Phi) is 5.00. The summed E-state index contributed by atoms with van der Waals surface area (Å²) in [5.74, 6) is 0.132. The number of nitrogens with zero attached hydrogens (tertiary/aromatic N) is 3. The maximum absolute atomic E-state index is 12.9. The fraction of sp³-hybridized carbons (Fsp3) is 0.368. The van der Waals surface area contributed by atoms with Gasteiger partial charge in [0, 0.05) is 30.5 Å². The van der Waals surface area contributed by atoms with Gasteiger partial charge in [0.1, 0.15) is 4.88 Å². The van der Waals surface area contributed by atoms with Gasteiger partial charge in [0.05, 0.1) is 5.69 Å². The van der Waals surface area contributed by atoms with Gasteiger partial charge in [-0.1, -0.05) is 55.5 Å². The van der Waals surface area contributed by atoms with Crippen LogP contribution in [0.1, 0.15) is 42.1 Å². The second-order valence-corrected chi connectivity index (χ2v) is 6.93. The Labute approximate surface area is 146 Å². The van der Waals surface area contributed by atoms with E-state index in [1.54, 1.807) is 0 Å². The first kappa shape index (κ1) is 16.7. The molecule has 0 saturated carbocycles. The number of imidazole rings is 1. The van der Waals surface area contributed by atoms with Gasteiger partial charge in [-0.2, -0.15) is 0 Å². The Balaban J connectivity index is 1.95. The molecule has 3 aromatic rings. The highest BCUT2D eigenvalue weighted by Gasteiger charge is 2.22. The summed E-state index contributed by atoms with van der Waals surface area (Å²) < 4.78 is 2.04. The highest BCUT2D eigenvalue weighted by atomic mass is 32.1. The molecule has 0 bridgehead atoms. The van der Waals surface area contributed by atoms with Gasteiger partial charge < -0.3 is 4.90 Å². The number of carbonyl (C=O) groups is 1. The number of rotatable bonds is 6. The lowest BCUT2D eigenvalue weighted by Gasteiger charge is -2.20. The van der Waals surface area contributed by atoms with E-state index >= 15 is 0 Å². The summed E-state index contributed by atoms with van der Waals surface area (Å²) in [5, 5.41) is 0. The maximum Gasteiger partial charge on any atom is 0.265 e. The summed E-state index contributed by atoms with van der Waals surface area (Å²) in [5.41, 5.74) is 3.02. The number of aromatic nitrogens is 2. The average Bonchev–Trinajstić information content (AvgIpc) is 3.15. The second-order valence-electron chi connectivity index (χ2n) is 5.95. The highest BCUT2D eigenvalue weighted by Crippen LogP contribution is 2.28. The second kappa shape index (κ2) is 7.18. The zero-order valence-electron chi connectivity index (χ0n) is 14.5. The first-order valence-corrected chi connectivity index (χ1v) is 9.30. The largest absolute Gasteiger partial charge is 0.338 e. The van der Waals surface area contributed by atoms with Gasteiger partial charge in [0.2, 0.25) is 0 Å². The minimum absolute atomic E-state index is 0.132. The predicted octanol–water partition coefficient (Wildman–Crippen LogP) is 4.63. The van der Waals surface area contributed by atoms with E-state index in [0.717, 1.165) is 52.7 Å². The molecular weight excluding hydrogens is 318 g/mol. The normalized spacial score (nSPS) is 11.1. The van der Waals surface area contributed by atoms with E-state index in [-0.39, 0.29) is 5.91 Å². The number of fused-ring (bicyclic) bond motifs is 1. The van der Waals surface area contributed by atoms with Crippen molar-refractivity contribution in [1.29, 1.82) is 0 Å². The summed E-state index contributed by atoms with van der Waals surface area (Å²) in [4.78, 5) is 21.2. The molecule has 0 unspecified atom stereocenters. The lowest BCUT2D eigenvalue weighted by molar-refractivity contribution is 0.0759. The quantitative estimate of drug-likeness (QED) is 0.655. The third-order valence-electron chi connectivity index (χ3n) is 4.09. The molecule has 1 aromatic carbocycles. The molecule has 3 rings (SSSR count). The van der Waals surface area contributed by atoms with Crippen LogP contribution in [0.3, 0.4) is 0 Å². The van der Waals surface area contributed by atoms with Gasteiger partial charge in [-0.3, -0.25) is 9.20 Å². The molecule has 1 amide bonds. The van der Waals surface area contributed by atoms with Gasteiger partial charge >= 0.3 is 0 Å². The highest BCUT2D eigenvalue weighted by molar-refractivity contribution is 7.19. The van der Waals surface area contributed by atoms with Crippen LogP contribution in [0.25, 0.3) is 16.2 Å². The van der Waals surface area contributed by atoms with Gasteiger partial charge in [0.15, 0.2) is 4.96 Å². The zero-order chi connectivity index (χ0) is 17.1. The number of benzene rings is 1. The summed E-state index contributed by atoms with van der Waals surface area (Å²) in [6, 6.07) is 10.1. The Morgan fingerprint density at radius 3 is 2.42 bits per heavy atom. The van der Waals surface area contributed by atoms with Crippen LogP contribution in [0, 0.1) is 6.92 Å². The van der Waals surface area contributed by atoms with E-state index in [9.17, 15) is 4.79 Å². The molecule has 0 fully saturated rings. The van der Waals surface area contributed by atoms with Crippen LogP contribution in [0.2, 0.25) is 0 Å². The number of aryl methyl sites for hydroxylation is 1. The molecule has 0 N–H and O–H groups in total. The Morgan fingerprint density at radius 1 is 1.17 bits per heavy atom. The number of hydrogen-bond acceptors (Lipinski definition) is 3. The first-order valence-electron chi connectivity index (χ1n) is 8.48. The molecule has 0 radical (unpaired) electrons. The van der Waals surface area contributed by atoms with Crippen molar-refractivity contribution in [3.8, 4) is 11.3 Å². The molecular formula is C19H23N3OS. The van der Waals surface area contributed by atoms with E-state index in [4.69, 9.17) is 4.98 Å². The Morgan fingerprint density at radius 2 is 1.83 bits per heavy atom. The lowest BCUT2D eigenvalue weighted by Crippen LogP contribution is -2.32. The molecule has 0 atom stereocenters. The minimum Gasteiger partial charge on any atom is -0.338 e. The van der Waals surface area contributed by atoms with Crippen LogP contribution in [-0.2, 0) is 0 Å². The van der Waals surface area contributed by atoms with E-state index in [0.29, 0.717) is 0 Å². The standard InChI is InChI=1S/C19H23N3OS/c1-4-11-21(12-5-2)18(23)17-14(3)22-13-16(20-19(22)24-17)15-9-7-6-8-10-15/h6-10,13H,4-5,11-12H2,1-3H3. The van der Waals surface area contributed by atoms with Gasteiger partial charge in [-0.25, -0.2) is 4.98 Å². The van der Waals surface area contributed by atoms with Gasteiger partial charge in [0.25, 0.3) is 5.91 Å². The summed E-state index contributed by atoms with van der Waals surface area (Å²) in [6.45, 7) is 7.83. The third-order valence-corrected chi connectivity index (χ3v) is 5.24. The van der Waals surface area contributed by atoms with E-state index in [1.807, 2.05) is 40.6 Å². The molecule has 0 aliphatic heterocycles. The monoisotopic (exact) mass is 341 g/mol. The fourth-order valence-corrected chi connectivity index (χ4v) is 3.97. The van der Waals surface area contributed by atoms with Crippen molar-refractivity contribution in [1.82, 2.24) is 14.3 Å². The van der Waals surface area contributed by atoms with Crippen LogP contribution in [-0.4, -0.2) is 33.3 Å². The molecule has 0 aliphatic carbocycles. The zero-order valence-corrected chi connectivity index (χ0v) is 15.3. The van der Waals surface area contributed by atoms with Crippen molar-refractivity contribution in [2.24, 2.45) is 0 Å². The van der Waals surface area contributed by atoms with Crippen LogP contribution >= 0.6 is 11.3 Å². The van der Waals surface area contributed by atoms with Crippen molar-refractivity contribution < 1.29 is 4.79 Å². The van der Waals surface area contributed by atoms with Crippen LogP contribution < -0.4 is 0 Å². The van der Waals surface area contributed by atoms with E-state index < -0.39 is 0 Å². The molecule has 24 heavy (non-hydrogen) atoms. The minimum atomic E-state index is 0.132. The molecule has 0 spiro atoms. The molecule has 2 heterocycles. The van der Waals surface area contributed by atoms with Crippen molar-refractivity contribution >= 4 is 22.2 Å². The van der Waals surface area contributed by atoms with E-state index in [2.05, 4.69) is 26.0 Å². The third kappa shape index (κ3) is 3.08. The topological polar surface area (TPSA) is 37.6 Å². The lowest BCUT2D eigenvalue weighted by atomic mass is 10.2. The number of hydrogen-bond donors (Lipinski definition) is 0. The predicted molar refractivity (Wildman–Crippen MR) is 99.7 cm³/mol. The SMILES string of the molecule is CCCN(CCC)C(=O)c1sc2nc(-c3ccccc3)cn2c1C. The van der Waals surface area contributed by atoms with Crippen molar-refractivity contribution in [2.45, 2.75) is 33.6 Å². The van der Waals surface area contributed by atoms with Gasteiger partial charge in [-0.15, -0.1) is 0 Å².